The second-order valence-electron chi connectivity index (χ2n) is 5.02. The highest BCUT2D eigenvalue weighted by atomic mass is 19.2. The van der Waals surface area contributed by atoms with Crippen molar-refractivity contribution in [1.29, 1.82) is 0 Å². The lowest BCUT2D eigenvalue weighted by molar-refractivity contribution is 0.0867. The first kappa shape index (κ1) is 15.5. The van der Waals surface area contributed by atoms with Crippen LogP contribution in [-0.2, 0) is 10.3 Å². The summed E-state index contributed by atoms with van der Waals surface area (Å²) in [7, 11) is 0. The van der Waals surface area contributed by atoms with E-state index in [0.717, 1.165) is 18.6 Å². The molecule has 0 fully saturated rings. The number of hydrogen-bond donors (Lipinski definition) is 1. The fourth-order valence-corrected chi connectivity index (χ4v) is 1.69. The van der Waals surface area contributed by atoms with Crippen molar-refractivity contribution >= 4 is 0 Å². The van der Waals surface area contributed by atoms with E-state index in [1.54, 1.807) is 6.92 Å². The zero-order chi connectivity index (χ0) is 15.5. The maximum atomic E-state index is 13.2. The van der Waals surface area contributed by atoms with Gasteiger partial charge in [-0.15, -0.1) is 0 Å². The molecule has 0 aliphatic heterocycles. The third kappa shape index (κ3) is 3.62. The van der Waals surface area contributed by atoms with Crippen LogP contribution in [0.2, 0.25) is 0 Å². The van der Waals surface area contributed by atoms with E-state index in [9.17, 15) is 8.78 Å². The number of rotatable bonds is 6. The van der Waals surface area contributed by atoms with Gasteiger partial charge in [-0.1, -0.05) is 12.1 Å². The molecule has 1 aromatic heterocycles. The number of halogens is 2. The number of ether oxygens (including phenoxy) is 1. The molecule has 0 saturated heterocycles. The number of hydrogen-bond acceptors (Lipinski definition) is 5. The minimum atomic E-state index is -0.978. The molecule has 0 radical (unpaired) electrons. The smallest absolute Gasteiger partial charge is 0.258 e. The molecule has 2 N–H and O–H groups in total. The Bertz CT molecular complexity index is 614. The van der Waals surface area contributed by atoms with Crippen LogP contribution < -0.4 is 5.73 Å². The highest BCUT2D eigenvalue weighted by Crippen LogP contribution is 2.23. The van der Waals surface area contributed by atoms with Crippen molar-refractivity contribution in [2.45, 2.75) is 25.8 Å². The molecule has 7 heteroatoms. The lowest BCUT2D eigenvalue weighted by Crippen LogP contribution is -2.39. The Labute approximate surface area is 121 Å². The molecule has 1 heterocycles. The summed E-state index contributed by atoms with van der Waals surface area (Å²) in [6, 6.07) is 3.35. The van der Waals surface area contributed by atoms with Crippen molar-refractivity contribution in [1.82, 2.24) is 10.1 Å². The normalized spacial score (nSPS) is 14.1. The standard InChI is InChI=1S/C14H17F2N3O2/c1-3-6-20-8-14(2,17)13-18-12(21-19-13)9-4-5-10(15)11(16)7-9/h4-5,7H,3,6,8,17H2,1-2H3. The van der Waals surface area contributed by atoms with E-state index in [1.165, 1.54) is 6.07 Å². The van der Waals surface area contributed by atoms with Gasteiger partial charge in [0.25, 0.3) is 5.89 Å². The quantitative estimate of drug-likeness (QED) is 0.830. The summed E-state index contributed by atoms with van der Waals surface area (Å²) in [5.41, 5.74) is 5.45. The second kappa shape index (κ2) is 6.28. The predicted octanol–water partition coefficient (Wildman–Crippen LogP) is 2.62. The summed E-state index contributed by atoms with van der Waals surface area (Å²) in [5, 5.41) is 3.79. The van der Waals surface area contributed by atoms with Crippen LogP contribution in [0, 0.1) is 11.6 Å². The molecule has 0 aliphatic carbocycles. The van der Waals surface area contributed by atoms with Crippen LogP contribution in [0.15, 0.2) is 22.7 Å². The van der Waals surface area contributed by atoms with Gasteiger partial charge in [0.05, 0.1) is 6.61 Å². The Morgan fingerprint density at radius 2 is 2.10 bits per heavy atom. The van der Waals surface area contributed by atoms with Gasteiger partial charge < -0.3 is 15.0 Å². The summed E-state index contributed by atoms with van der Waals surface area (Å²) >= 11 is 0. The lowest BCUT2D eigenvalue weighted by Gasteiger charge is -2.19. The third-order valence-electron chi connectivity index (χ3n) is 2.85. The highest BCUT2D eigenvalue weighted by Gasteiger charge is 2.28. The average Bonchev–Trinajstić information content (AvgIpc) is 2.92. The fraction of sp³-hybridized carbons (Fsp3) is 0.429. The first-order valence-corrected chi connectivity index (χ1v) is 6.60. The lowest BCUT2D eigenvalue weighted by atomic mass is 10.1. The monoisotopic (exact) mass is 297 g/mol. The summed E-state index contributed by atoms with van der Waals surface area (Å²) < 4.78 is 36.6. The Hall–Kier alpha value is -1.86. The fourth-order valence-electron chi connectivity index (χ4n) is 1.69. The predicted molar refractivity (Wildman–Crippen MR) is 72.3 cm³/mol. The molecule has 1 atom stereocenters. The second-order valence-corrected chi connectivity index (χ2v) is 5.02. The molecule has 1 aromatic carbocycles. The number of aromatic nitrogens is 2. The van der Waals surface area contributed by atoms with E-state index in [1.807, 2.05) is 6.92 Å². The molecule has 0 aliphatic rings. The van der Waals surface area contributed by atoms with Gasteiger partial charge in [-0.25, -0.2) is 8.78 Å². The van der Waals surface area contributed by atoms with Gasteiger partial charge in [-0.2, -0.15) is 4.98 Å². The molecule has 0 amide bonds. The van der Waals surface area contributed by atoms with Crippen LogP contribution >= 0.6 is 0 Å². The number of benzene rings is 1. The van der Waals surface area contributed by atoms with Crippen molar-refractivity contribution in [3.05, 3.63) is 35.7 Å². The van der Waals surface area contributed by atoms with Gasteiger partial charge >= 0.3 is 0 Å². The SMILES string of the molecule is CCCOCC(C)(N)c1noc(-c2ccc(F)c(F)c2)n1. The molecular formula is C14H17F2N3O2. The Kier molecular flexibility index (Phi) is 4.64. The number of nitrogens with zero attached hydrogens (tertiary/aromatic N) is 2. The minimum absolute atomic E-state index is 0.0797. The van der Waals surface area contributed by atoms with Crippen molar-refractivity contribution in [2.24, 2.45) is 5.73 Å². The molecule has 1 unspecified atom stereocenters. The maximum absolute atomic E-state index is 13.2. The van der Waals surface area contributed by atoms with E-state index >= 15 is 0 Å². The van der Waals surface area contributed by atoms with Crippen LogP contribution in [0.3, 0.4) is 0 Å². The molecular weight excluding hydrogens is 280 g/mol. The Morgan fingerprint density at radius 1 is 1.33 bits per heavy atom. The Balaban J connectivity index is 2.18. The van der Waals surface area contributed by atoms with Gasteiger partial charge in [0.15, 0.2) is 17.5 Å². The molecule has 0 saturated carbocycles. The van der Waals surface area contributed by atoms with Crippen LogP contribution in [0.1, 0.15) is 26.1 Å². The minimum Gasteiger partial charge on any atom is -0.379 e. The van der Waals surface area contributed by atoms with Crippen molar-refractivity contribution in [3.8, 4) is 11.5 Å². The van der Waals surface area contributed by atoms with Crippen molar-refractivity contribution < 1.29 is 18.0 Å². The van der Waals surface area contributed by atoms with Crippen LogP contribution in [-0.4, -0.2) is 23.4 Å². The highest BCUT2D eigenvalue weighted by molar-refractivity contribution is 5.52. The summed E-state index contributed by atoms with van der Waals surface area (Å²) in [6.07, 6.45) is 0.877. The van der Waals surface area contributed by atoms with Crippen LogP contribution in [0.25, 0.3) is 11.5 Å². The van der Waals surface area contributed by atoms with Gasteiger partial charge in [0.1, 0.15) is 5.54 Å². The van der Waals surface area contributed by atoms with E-state index in [2.05, 4.69) is 10.1 Å². The average molecular weight is 297 g/mol. The van der Waals surface area contributed by atoms with E-state index < -0.39 is 17.2 Å². The molecule has 0 bridgehead atoms. The van der Waals surface area contributed by atoms with Gasteiger partial charge in [-0.05, 0) is 31.5 Å². The molecule has 114 valence electrons. The largest absolute Gasteiger partial charge is 0.379 e. The topological polar surface area (TPSA) is 74.2 Å². The van der Waals surface area contributed by atoms with E-state index in [-0.39, 0.29) is 23.9 Å². The molecule has 5 nitrogen and oxygen atoms in total. The molecule has 21 heavy (non-hydrogen) atoms. The van der Waals surface area contributed by atoms with Crippen LogP contribution in [0.4, 0.5) is 8.78 Å². The zero-order valence-electron chi connectivity index (χ0n) is 11.9. The Morgan fingerprint density at radius 3 is 2.76 bits per heavy atom. The zero-order valence-corrected chi connectivity index (χ0v) is 11.9. The van der Waals surface area contributed by atoms with Crippen LogP contribution in [0.5, 0.6) is 0 Å². The number of nitrogens with two attached hydrogens (primary N) is 1. The first-order valence-electron chi connectivity index (χ1n) is 6.60. The first-order chi connectivity index (χ1) is 9.94. The summed E-state index contributed by atoms with van der Waals surface area (Å²) in [6.45, 7) is 4.52. The maximum Gasteiger partial charge on any atom is 0.258 e. The molecule has 2 aromatic rings. The summed E-state index contributed by atoms with van der Waals surface area (Å²) in [5.74, 6) is -1.58. The summed E-state index contributed by atoms with van der Waals surface area (Å²) in [4.78, 5) is 4.13. The van der Waals surface area contributed by atoms with E-state index in [4.69, 9.17) is 15.0 Å². The van der Waals surface area contributed by atoms with Gasteiger partial charge in [-0.3, -0.25) is 0 Å². The van der Waals surface area contributed by atoms with Gasteiger partial charge in [0.2, 0.25) is 0 Å². The third-order valence-corrected chi connectivity index (χ3v) is 2.85. The van der Waals surface area contributed by atoms with Crippen molar-refractivity contribution in [3.63, 3.8) is 0 Å². The van der Waals surface area contributed by atoms with Gasteiger partial charge in [0, 0.05) is 12.2 Å². The van der Waals surface area contributed by atoms with Crippen molar-refractivity contribution in [2.75, 3.05) is 13.2 Å². The van der Waals surface area contributed by atoms with E-state index in [0.29, 0.717) is 6.61 Å². The molecule has 0 spiro atoms. The molecule has 2 rings (SSSR count).